The van der Waals surface area contributed by atoms with Crippen LogP contribution >= 0.6 is 0 Å². The minimum Gasteiger partial charge on any atom is -0.394 e. The monoisotopic (exact) mass is 262 g/mol. The Balaban J connectivity index is 2.12. The summed E-state index contributed by atoms with van der Waals surface area (Å²) in [5.41, 5.74) is 2.67. The quantitative estimate of drug-likeness (QED) is 0.876. The third-order valence-corrected chi connectivity index (χ3v) is 4.29. The van der Waals surface area contributed by atoms with E-state index in [1.54, 1.807) is 0 Å². The number of nitrogens with one attached hydrogen (secondary N) is 1. The van der Waals surface area contributed by atoms with E-state index in [1.165, 1.54) is 11.3 Å². The number of aliphatic hydroxyl groups is 1. The standard InChI is InChI=1S/C16H26N2O/c1-15(2,3)13-5-7-14(8-6-13)18-10-9-16(11-18,12-19)17-4/h5-8,17,19H,9-12H2,1-4H3. The van der Waals surface area contributed by atoms with E-state index in [9.17, 15) is 5.11 Å². The topological polar surface area (TPSA) is 35.5 Å². The van der Waals surface area contributed by atoms with Gasteiger partial charge in [-0.2, -0.15) is 0 Å². The molecule has 1 heterocycles. The summed E-state index contributed by atoms with van der Waals surface area (Å²) in [6, 6.07) is 8.83. The number of anilines is 1. The predicted octanol–water partition coefficient (Wildman–Crippen LogP) is 2.14. The second-order valence-electron chi connectivity index (χ2n) is 6.66. The van der Waals surface area contributed by atoms with E-state index in [1.807, 2.05) is 7.05 Å². The molecule has 0 spiro atoms. The minimum atomic E-state index is -0.136. The molecule has 1 aliphatic heterocycles. The maximum Gasteiger partial charge on any atom is 0.0631 e. The molecule has 0 saturated carbocycles. The first-order valence-corrected chi connectivity index (χ1v) is 7.05. The summed E-state index contributed by atoms with van der Waals surface area (Å²) in [4.78, 5) is 2.35. The van der Waals surface area contributed by atoms with Gasteiger partial charge in [-0.15, -0.1) is 0 Å². The smallest absolute Gasteiger partial charge is 0.0631 e. The van der Waals surface area contributed by atoms with Gasteiger partial charge < -0.3 is 15.3 Å². The fraction of sp³-hybridized carbons (Fsp3) is 0.625. The molecule has 0 bridgehead atoms. The molecule has 1 fully saturated rings. The lowest BCUT2D eigenvalue weighted by atomic mass is 9.87. The van der Waals surface area contributed by atoms with Crippen LogP contribution in [-0.4, -0.2) is 37.4 Å². The molecule has 2 N–H and O–H groups in total. The van der Waals surface area contributed by atoms with E-state index < -0.39 is 0 Å². The first-order chi connectivity index (χ1) is 8.90. The first-order valence-electron chi connectivity index (χ1n) is 7.05. The Kier molecular flexibility index (Phi) is 3.88. The van der Waals surface area contributed by atoms with E-state index in [2.05, 4.69) is 55.3 Å². The highest BCUT2D eigenvalue weighted by Crippen LogP contribution is 2.29. The summed E-state index contributed by atoms with van der Waals surface area (Å²) in [5.74, 6) is 0. The molecule has 0 aromatic heterocycles. The first kappa shape index (κ1) is 14.4. The molecule has 1 aromatic carbocycles. The molecule has 1 atom stereocenters. The van der Waals surface area contributed by atoms with Crippen molar-refractivity contribution in [2.45, 2.75) is 38.1 Å². The Morgan fingerprint density at radius 3 is 2.32 bits per heavy atom. The molecular weight excluding hydrogens is 236 g/mol. The predicted molar refractivity (Wildman–Crippen MR) is 80.8 cm³/mol. The van der Waals surface area contributed by atoms with Gasteiger partial charge in [-0.25, -0.2) is 0 Å². The second kappa shape index (κ2) is 5.14. The lowest BCUT2D eigenvalue weighted by Gasteiger charge is -2.27. The molecule has 1 aromatic rings. The molecule has 0 aliphatic carbocycles. The summed E-state index contributed by atoms with van der Waals surface area (Å²) < 4.78 is 0. The Hall–Kier alpha value is -1.06. The van der Waals surface area contributed by atoms with E-state index in [0.29, 0.717) is 0 Å². The van der Waals surface area contributed by atoms with Gasteiger partial charge >= 0.3 is 0 Å². The lowest BCUT2D eigenvalue weighted by molar-refractivity contribution is 0.184. The van der Waals surface area contributed by atoms with Crippen molar-refractivity contribution in [2.75, 3.05) is 31.6 Å². The van der Waals surface area contributed by atoms with Crippen molar-refractivity contribution in [1.82, 2.24) is 5.32 Å². The average molecular weight is 262 g/mol. The number of benzene rings is 1. The van der Waals surface area contributed by atoms with Crippen molar-refractivity contribution in [3.8, 4) is 0 Å². The summed E-state index contributed by atoms with van der Waals surface area (Å²) in [7, 11) is 1.93. The molecule has 0 amide bonds. The number of hydrogen-bond donors (Lipinski definition) is 2. The van der Waals surface area contributed by atoms with Crippen LogP contribution in [0.4, 0.5) is 5.69 Å². The van der Waals surface area contributed by atoms with E-state index >= 15 is 0 Å². The molecular formula is C16H26N2O. The maximum absolute atomic E-state index is 9.54. The van der Waals surface area contributed by atoms with E-state index in [0.717, 1.165) is 19.5 Å². The van der Waals surface area contributed by atoms with Gasteiger partial charge in [-0.3, -0.25) is 0 Å². The summed E-state index contributed by atoms with van der Waals surface area (Å²) in [6.07, 6.45) is 0.987. The zero-order valence-electron chi connectivity index (χ0n) is 12.5. The van der Waals surface area contributed by atoms with Crippen LogP contribution in [0.15, 0.2) is 24.3 Å². The number of rotatable bonds is 3. The lowest BCUT2D eigenvalue weighted by Crippen LogP contribution is -2.48. The fourth-order valence-corrected chi connectivity index (χ4v) is 2.68. The number of likely N-dealkylation sites (N-methyl/N-ethyl adjacent to an activating group) is 1. The average Bonchev–Trinajstić information content (AvgIpc) is 2.83. The Bertz CT molecular complexity index is 415. The van der Waals surface area contributed by atoms with Crippen molar-refractivity contribution in [1.29, 1.82) is 0 Å². The Morgan fingerprint density at radius 2 is 1.89 bits per heavy atom. The molecule has 1 unspecified atom stereocenters. The molecule has 3 nitrogen and oxygen atoms in total. The molecule has 19 heavy (non-hydrogen) atoms. The van der Waals surface area contributed by atoms with Crippen LogP contribution in [0.25, 0.3) is 0 Å². The van der Waals surface area contributed by atoms with Crippen LogP contribution in [0.3, 0.4) is 0 Å². The fourth-order valence-electron chi connectivity index (χ4n) is 2.68. The van der Waals surface area contributed by atoms with Crippen LogP contribution in [-0.2, 0) is 5.41 Å². The zero-order chi connectivity index (χ0) is 14.1. The Labute approximate surface area is 116 Å². The number of nitrogens with zero attached hydrogens (tertiary/aromatic N) is 1. The molecule has 3 heteroatoms. The van der Waals surface area contributed by atoms with Crippen molar-refractivity contribution in [3.05, 3.63) is 29.8 Å². The highest BCUT2D eigenvalue weighted by Gasteiger charge is 2.36. The summed E-state index contributed by atoms with van der Waals surface area (Å²) >= 11 is 0. The molecule has 0 radical (unpaired) electrons. The van der Waals surface area contributed by atoms with Gasteiger partial charge in [0, 0.05) is 18.8 Å². The maximum atomic E-state index is 9.54. The van der Waals surface area contributed by atoms with Crippen LogP contribution in [0.1, 0.15) is 32.8 Å². The summed E-state index contributed by atoms with van der Waals surface area (Å²) in [5, 5.41) is 12.8. The third-order valence-electron chi connectivity index (χ3n) is 4.29. The van der Waals surface area contributed by atoms with Gasteiger partial charge in [0.05, 0.1) is 12.1 Å². The SMILES string of the molecule is CNC1(CO)CCN(c2ccc(C(C)(C)C)cc2)C1. The molecule has 2 rings (SSSR count). The normalized spacial score (nSPS) is 23.9. The van der Waals surface area contributed by atoms with Gasteiger partial charge in [0.1, 0.15) is 0 Å². The number of hydrogen-bond acceptors (Lipinski definition) is 3. The van der Waals surface area contributed by atoms with Crippen molar-refractivity contribution in [2.24, 2.45) is 0 Å². The molecule has 1 saturated heterocycles. The Morgan fingerprint density at radius 1 is 1.26 bits per heavy atom. The van der Waals surface area contributed by atoms with Gasteiger partial charge in [0.15, 0.2) is 0 Å². The highest BCUT2D eigenvalue weighted by molar-refractivity contribution is 5.50. The van der Waals surface area contributed by atoms with Gasteiger partial charge in [0.25, 0.3) is 0 Å². The molecule has 1 aliphatic rings. The minimum absolute atomic E-state index is 0.136. The second-order valence-corrected chi connectivity index (χ2v) is 6.66. The van der Waals surface area contributed by atoms with Crippen LogP contribution in [0, 0.1) is 0 Å². The van der Waals surface area contributed by atoms with Gasteiger partial charge in [-0.1, -0.05) is 32.9 Å². The van der Waals surface area contributed by atoms with E-state index in [4.69, 9.17) is 0 Å². The van der Waals surface area contributed by atoms with Crippen LogP contribution in [0.2, 0.25) is 0 Å². The zero-order valence-corrected chi connectivity index (χ0v) is 12.5. The van der Waals surface area contributed by atoms with Crippen molar-refractivity contribution < 1.29 is 5.11 Å². The van der Waals surface area contributed by atoms with Gasteiger partial charge in [0.2, 0.25) is 0 Å². The largest absolute Gasteiger partial charge is 0.394 e. The van der Waals surface area contributed by atoms with Crippen LogP contribution in [0.5, 0.6) is 0 Å². The number of aliphatic hydroxyl groups excluding tert-OH is 1. The summed E-state index contributed by atoms with van der Waals surface area (Å²) in [6.45, 7) is 8.76. The van der Waals surface area contributed by atoms with Crippen molar-refractivity contribution >= 4 is 5.69 Å². The van der Waals surface area contributed by atoms with Crippen LogP contribution < -0.4 is 10.2 Å². The van der Waals surface area contributed by atoms with E-state index in [-0.39, 0.29) is 17.6 Å². The van der Waals surface area contributed by atoms with Crippen molar-refractivity contribution in [3.63, 3.8) is 0 Å². The highest BCUT2D eigenvalue weighted by atomic mass is 16.3. The third kappa shape index (κ3) is 2.93. The van der Waals surface area contributed by atoms with Gasteiger partial charge in [-0.05, 0) is 36.6 Å². The molecule has 106 valence electrons.